The minimum Gasteiger partial charge on any atom is -0.481 e. The normalized spacial score (nSPS) is 11.2. The number of aryl methyl sites for hydroxylation is 1. The maximum atomic E-state index is 12.5. The fourth-order valence-electron chi connectivity index (χ4n) is 2.26. The van der Waals surface area contributed by atoms with Crippen molar-refractivity contribution in [1.82, 2.24) is 0 Å². The summed E-state index contributed by atoms with van der Waals surface area (Å²) in [7, 11) is 0. The second kappa shape index (κ2) is 7.09. The van der Waals surface area contributed by atoms with Gasteiger partial charge in [-0.2, -0.15) is 0 Å². The average molecular weight is 343 g/mol. The van der Waals surface area contributed by atoms with Crippen molar-refractivity contribution in [3.05, 3.63) is 59.2 Å². The van der Waals surface area contributed by atoms with Gasteiger partial charge in [0.15, 0.2) is 0 Å². The highest BCUT2D eigenvalue weighted by atomic mass is 32.2. The van der Waals surface area contributed by atoms with E-state index in [-0.39, 0.29) is 5.91 Å². The van der Waals surface area contributed by atoms with Gasteiger partial charge in [0, 0.05) is 16.1 Å². The van der Waals surface area contributed by atoms with Crippen LogP contribution >= 0.6 is 11.8 Å². The molecule has 0 aliphatic heterocycles. The van der Waals surface area contributed by atoms with Gasteiger partial charge in [-0.15, -0.1) is 11.8 Å². The predicted octanol–water partition coefficient (Wildman–Crippen LogP) is 4.33. The van der Waals surface area contributed by atoms with E-state index in [4.69, 9.17) is 0 Å². The fraction of sp³-hybridized carbons (Fsp3) is 0.263. The number of hydrogen-bond acceptors (Lipinski definition) is 3. The molecule has 0 heterocycles. The van der Waals surface area contributed by atoms with Crippen molar-refractivity contribution in [2.75, 3.05) is 11.6 Å². The molecule has 126 valence electrons. The number of aliphatic carboxylic acids is 1. The first-order valence-electron chi connectivity index (χ1n) is 7.55. The van der Waals surface area contributed by atoms with Gasteiger partial charge in [-0.3, -0.25) is 9.59 Å². The summed E-state index contributed by atoms with van der Waals surface area (Å²) in [5, 5.41) is 12.1. The third kappa shape index (κ3) is 3.79. The zero-order valence-electron chi connectivity index (χ0n) is 14.2. The molecule has 0 saturated carbocycles. The standard InChI is InChI=1S/C19H21NO3S/c1-12-5-10-15(24-4)11-16(12)17(21)20-14-8-6-13(7-9-14)19(2,3)18(22)23/h5-11H,1-4H3,(H,20,21)(H,22,23). The first-order chi connectivity index (χ1) is 11.3. The van der Waals surface area contributed by atoms with Crippen molar-refractivity contribution < 1.29 is 14.7 Å². The number of amides is 1. The molecule has 5 heteroatoms. The molecule has 0 radical (unpaired) electrons. The van der Waals surface area contributed by atoms with Gasteiger partial charge in [-0.25, -0.2) is 0 Å². The third-order valence-corrected chi connectivity index (χ3v) is 4.81. The van der Waals surface area contributed by atoms with E-state index in [2.05, 4.69) is 5.32 Å². The lowest BCUT2D eigenvalue weighted by molar-refractivity contribution is -0.142. The molecule has 0 spiro atoms. The van der Waals surface area contributed by atoms with Gasteiger partial charge in [0.1, 0.15) is 0 Å². The molecule has 2 aromatic carbocycles. The summed E-state index contributed by atoms with van der Waals surface area (Å²) < 4.78 is 0. The van der Waals surface area contributed by atoms with E-state index in [1.807, 2.05) is 31.4 Å². The molecule has 0 bridgehead atoms. The van der Waals surface area contributed by atoms with Gasteiger partial charge in [-0.05, 0) is 62.4 Å². The van der Waals surface area contributed by atoms with Gasteiger partial charge in [-0.1, -0.05) is 18.2 Å². The lowest BCUT2D eigenvalue weighted by Crippen LogP contribution is -2.28. The Morgan fingerprint density at radius 1 is 1.08 bits per heavy atom. The lowest BCUT2D eigenvalue weighted by Gasteiger charge is -2.20. The Bertz CT molecular complexity index is 767. The van der Waals surface area contributed by atoms with Crippen LogP contribution in [0.1, 0.15) is 35.3 Å². The Balaban J connectivity index is 2.20. The maximum absolute atomic E-state index is 12.5. The van der Waals surface area contributed by atoms with E-state index in [0.717, 1.165) is 10.5 Å². The third-order valence-electron chi connectivity index (χ3n) is 4.09. The van der Waals surface area contributed by atoms with Crippen LogP contribution in [0.15, 0.2) is 47.4 Å². The number of carbonyl (C=O) groups excluding carboxylic acids is 1. The van der Waals surface area contributed by atoms with Crippen LogP contribution in [0, 0.1) is 6.92 Å². The minimum atomic E-state index is -0.966. The van der Waals surface area contributed by atoms with Crippen molar-refractivity contribution in [3.63, 3.8) is 0 Å². The number of carboxylic acids is 1. The van der Waals surface area contributed by atoms with Crippen molar-refractivity contribution in [1.29, 1.82) is 0 Å². The van der Waals surface area contributed by atoms with Crippen molar-refractivity contribution in [2.45, 2.75) is 31.1 Å². The van der Waals surface area contributed by atoms with Crippen molar-refractivity contribution in [2.24, 2.45) is 0 Å². The van der Waals surface area contributed by atoms with Crippen molar-refractivity contribution >= 4 is 29.3 Å². The van der Waals surface area contributed by atoms with Gasteiger partial charge >= 0.3 is 5.97 Å². The second-order valence-corrected chi connectivity index (χ2v) is 7.02. The zero-order chi connectivity index (χ0) is 17.9. The quantitative estimate of drug-likeness (QED) is 0.793. The lowest BCUT2D eigenvalue weighted by atomic mass is 9.85. The van der Waals surface area contributed by atoms with E-state index in [1.165, 1.54) is 0 Å². The molecule has 24 heavy (non-hydrogen) atoms. The Morgan fingerprint density at radius 3 is 2.25 bits per heavy atom. The number of thioether (sulfide) groups is 1. The number of anilines is 1. The Hall–Kier alpha value is -2.27. The molecule has 0 aliphatic rings. The molecule has 0 unspecified atom stereocenters. The maximum Gasteiger partial charge on any atom is 0.313 e. The van der Waals surface area contributed by atoms with Crippen LogP contribution in [0.25, 0.3) is 0 Å². The van der Waals surface area contributed by atoms with Crippen LogP contribution < -0.4 is 5.32 Å². The molecule has 2 N–H and O–H groups in total. The van der Waals surface area contributed by atoms with E-state index in [0.29, 0.717) is 16.8 Å². The Morgan fingerprint density at radius 2 is 1.71 bits per heavy atom. The fourth-order valence-corrected chi connectivity index (χ4v) is 2.70. The molecule has 1 amide bonds. The number of hydrogen-bond donors (Lipinski definition) is 2. The summed E-state index contributed by atoms with van der Waals surface area (Å²) >= 11 is 1.59. The number of carboxylic acid groups (broad SMARTS) is 1. The summed E-state index contributed by atoms with van der Waals surface area (Å²) in [6, 6.07) is 12.7. The number of benzene rings is 2. The Labute approximate surface area is 146 Å². The highest BCUT2D eigenvalue weighted by Gasteiger charge is 2.29. The number of rotatable bonds is 5. The molecule has 0 saturated heterocycles. The van der Waals surface area contributed by atoms with Gasteiger partial charge in [0.25, 0.3) is 5.91 Å². The molecule has 2 rings (SSSR count). The van der Waals surface area contributed by atoms with Gasteiger partial charge in [0.05, 0.1) is 5.41 Å². The van der Waals surface area contributed by atoms with Crippen LogP contribution in [-0.2, 0) is 10.2 Å². The predicted molar refractivity (Wildman–Crippen MR) is 98.0 cm³/mol. The summed E-state index contributed by atoms with van der Waals surface area (Å²) in [6.45, 7) is 5.21. The Kier molecular flexibility index (Phi) is 5.34. The summed E-state index contributed by atoms with van der Waals surface area (Å²) in [5.74, 6) is -1.06. The van der Waals surface area contributed by atoms with E-state index in [9.17, 15) is 14.7 Å². The molecule has 4 nitrogen and oxygen atoms in total. The van der Waals surface area contributed by atoms with Crippen LogP contribution in [0.2, 0.25) is 0 Å². The summed E-state index contributed by atoms with van der Waals surface area (Å²) in [4.78, 5) is 24.8. The molecule has 2 aromatic rings. The van der Waals surface area contributed by atoms with Crippen LogP contribution in [0.5, 0.6) is 0 Å². The van der Waals surface area contributed by atoms with Crippen LogP contribution in [0.3, 0.4) is 0 Å². The molecule has 0 aliphatic carbocycles. The number of carbonyl (C=O) groups is 2. The van der Waals surface area contributed by atoms with Crippen molar-refractivity contribution in [3.8, 4) is 0 Å². The first-order valence-corrected chi connectivity index (χ1v) is 8.78. The molecule has 0 fully saturated rings. The van der Waals surface area contributed by atoms with Gasteiger partial charge < -0.3 is 10.4 Å². The smallest absolute Gasteiger partial charge is 0.313 e. The highest BCUT2D eigenvalue weighted by molar-refractivity contribution is 7.98. The van der Waals surface area contributed by atoms with Crippen LogP contribution in [0.4, 0.5) is 5.69 Å². The summed E-state index contributed by atoms with van der Waals surface area (Å²) in [5.41, 5.74) is 1.91. The highest BCUT2D eigenvalue weighted by Crippen LogP contribution is 2.25. The monoisotopic (exact) mass is 343 g/mol. The SMILES string of the molecule is CSc1ccc(C)c(C(=O)Nc2ccc(C(C)(C)C(=O)O)cc2)c1. The van der Waals surface area contributed by atoms with E-state index < -0.39 is 11.4 Å². The second-order valence-electron chi connectivity index (χ2n) is 6.14. The first kappa shape index (κ1) is 18.1. The zero-order valence-corrected chi connectivity index (χ0v) is 15.0. The van der Waals surface area contributed by atoms with Gasteiger partial charge in [0.2, 0.25) is 0 Å². The van der Waals surface area contributed by atoms with E-state index >= 15 is 0 Å². The topological polar surface area (TPSA) is 66.4 Å². The molecule has 0 atom stereocenters. The van der Waals surface area contributed by atoms with E-state index in [1.54, 1.807) is 49.9 Å². The molecule has 0 aromatic heterocycles. The summed E-state index contributed by atoms with van der Waals surface area (Å²) in [6.07, 6.45) is 1.97. The van der Waals surface area contributed by atoms with Crippen LogP contribution in [-0.4, -0.2) is 23.2 Å². The molecular weight excluding hydrogens is 322 g/mol. The average Bonchev–Trinajstić information content (AvgIpc) is 2.55. The minimum absolute atomic E-state index is 0.173. The largest absolute Gasteiger partial charge is 0.481 e. The molecular formula is C19H21NO3S. The number of nitrogens with one attached hydrogen (secondary N) is 1.